The molecule has 0 radical (unpaired) electrons. The second-order valence-electron chi connectivity index (χ2n) is 6.21. The Morgan fingerprint density at radius 2 is 1.94 bits per heavy atom. The van der Waals surface area contributed by atoms with Crippen molar-refractivity contribution in [2.45, 2.75) is 76.9 Å². The fourth-order valence-electron chi connectivity index (χ4n) is 2.10. The topological polar surface area (TPSA) is 67.2 Å². The minimum absolute atomic E-state index is 0.0604. The molecule has 1 rings (SSSR count). The molecule has 0 aromatic rings. The van der Waals surface area contributed by atoms with Crippen LogP contribution >= 0.6 is 0 Å². The average Bonchev–Trinajstić information content (AvgIpc) is 2.22. The molecule has 0 aromatic carbocycles. The highest BCUT2D eigenvalue weighted by Gasteiger charge is 2.32. The number of rotatable bonds is 3. The zero-order valence-corrected chi connectivity index (χ0v) is 11.6. The van der Waals surface area contributed by atoms with Crippen LogP contribution in [-0.4, -0.2) is 23.2 Å². The second kappa shape index (κ2) is 5.25. The van der Waals surface area contributed by atoms with Crippen LogP contribution in [0, 0.1) is 0 Å². The molecular weight excluding hydrogens is 214 g/mol. The van der Waals surface area contributed by atoms with E-state index in [1.165, 1.54) is 0 Å². The summed E-state index contributed by atoms with van der Waals surface area (Å²) in [4.78, 5) is 11.9. The highest BCUT2D eigenvalue weighted by molar-refractivity contribution is 5.75. The lowest BCUT2D eigenvalue weighted by Gasteiger charge is -2.38. The van der Waals surface area contributed by atoms with Crippen LogP contribution in [0.1, 0.15) is 59.8 Å². The van der Waals surface area contributed by atoms with Gasteiger partial charge in [0, 0.05) is 17.1 Å². The van der Waals surface area contributed by atoms with Crippen molar-refractivity contribution in [2.75, 3.05) is 0 Å². The van der Waals surface area contributed by atoms with E-state index in [0.717, 1.165) is 32.1 Å². The van der Waals surface area contributed by atoms with E-state index in [-0.39, 0.29) is 17.1 Å². The number of amides is 2. The van der Waals surface area contributed by atoms with Crippen molar-refractivity contribution < 1.29 is 4.79 Å². The zero-order valence-electron chi connectivity index (χ0n) is 11.6. The molecule has 17 heavy (non-hydrogen) atoms. The van der Waals surface area contributed by atoms with Gasteiger partial charge in [0.25, 0.3) is 0 Å². The monoisotopic (exact) mass is 241 g/mol. The summed E-state index contributed by atoms with van der Waals surface area (Å²) >= 11 is 0. The third-order valence-corrected chi connectivity index (χ3v) is 3.88. The van der Waals surface area contributed by atoms with Crippen LogP contribution in [0.15, 0.2) is 0 Å². The van der Waals surface area contributed by atoms with Gasteiger partial charge in [0.05, 0.1) is 0 Å². The Bertz CT molecular complexity index is 268. The molecule has 100 valence electrons. The van der Waals surface area contributed by atoms with E-state index in [1.807, 2.05) is 13.8 Å². The van der Waals surface area contributed by atoms with Gasteiger partial charge in [0.1, 0.15) is 0 Å². The molecule has 4 N–H and O–H groups in total. The Hall–Kier alpha value is -0.770. The van der Waals surface area contributed by atoms with Crippen LogP contribution in [0.25, 0.3) is 0 Å². The molecule has 0 heterocycles. The largest absolute Gasteiger partial charge is 0.333 e. The van der Waals surface area contributed by atoms with Gasteiger partial charge < -0.3 is 16.4 Å². The van der Waals surface area contributed by atoms with E-state index in [9.17, 15) is 4.79 Å². The quantitative estimate of drug-likeness (QED) is 0.708. The van der Waals surface area contributed by atoms with Crippen molar-refractivity contribution in [3.8, 4) is 0 Å². The number of hydrogen-bond donors (Lipinski definition) is 3. The molecule has 0 aromatic heterocycles. The average molecular weight is 241 g/mol. The molecule has 0 aliphatic heterocycles. The van der Waals surface area contributed by atoms with Gasteiger partial charge in [0.15, 0.2) is 0 Å². The summed E-state index contributed by atoms with van der Waals surface area (Å²) < 4.78 is 0. The minimum Gasteiger partial charge on any atom is -0.333 e. The molecule has 1 saturated carbocycles. The van der Waals surface area contributed by atoms with E-state index in [2.05, 4.69) is 24.5 Å². The van der Waals surface area contributed by atoms with Crippen LogP contribution in [0.3, 0.4) is 0 Å². The van der Waals surface area contributed by atoms with Crippen LogP contribution < -0.4 is 16.4 Å². The molecule has 4 nitrogen and oxygen atoms in total. The Balaban J connectivity index is 2.45. The van der Waals surface area contributed by atoms with Crippen molar-refractivity contribution in [1.82, 2.24) is 10.6 Å². The van der Waals surface area contributed by atoms with Gasteiger partial charge in [-0.1, -0.05) is 6.92 Å². The van der Waals surface area contributed by atoms with E-state index < -0.39 is 0 Å². The minimum atomic E-state index is -0.147. The highest BCUT2D eigenvalue weighted by Crippen LogP contribution is 2.27. The number of carbonyl (C=O) groups excluding carboxylic acids is 1. The maximum atomic E-state index is 11.9. The lowest BCUT2D eigenvalue weighted by Crippen LogP contribution is -2.56. The summed E-state index contributed by atoms with van der Waals surface area (Å²) in [5.41, 5.74) is 5.64. The Labute approximate surface area is 105 Å². The van der Waals surface area contributed by atoms with Crippen molar-refractivity contribution in [1.29, 1.82) is 0 Å². The lowest BCUT2D eigenvalue weighted by molar-refractivity contribution is 0.196. The van der Waals surface area contributed by atoms with Crippen LogP contribution in [0.5, 0.6) is 0 Å². The summed E-state index contributed by atoms with van der Waals surface area (Å²) in [6, 6.07) is 0.245. The summed E-state index contributed by atoms with van der Waals surface area (Å²) in [5.74, 6) is 0. The molecule has 0 saturated heterocycles. The standard InChI is InChI=1S/C13H27N3O/c1-5-12(2,3)15-11(17)16-13(4)8-6-10(14)7-9-13/h10H,5-9,14H2,1-4H3,(H2,15,16,17). The van der Waals surface area contributed by atoms with Crippen molar-refractivity contribution in [3.63, 3.8) is 0 Å². The SMILES string of the molecule is CCC(C)(C)NC(=O)NC1(C)CCC(N)CC1. The predicted octanol–water partition coefficient (Wildman–Crippen LogP) is 2.13. The van der Waals surface area contributed by atoms with Crippen molar-refractivity contribution in [3.05, 3.63) is 0 Å². The molecule has 2 amide bonds. The number of hydrogen-bond acceptors (Lipinski definition) is 2. The van der Waals surface area contributed by atoms with Crippen LogP contribution in [-0.2, 0) is 0 Å². The number of nitrogens with two attached hydrogens (primary N) is 1. The number of urea groups is 1. The molecule has 1 fully saturated rings. The van der Waals surface area contributed by atoms with Crippen LogP contribution in [0.4, 0.5) is 4.79 Å². The summed E-state index contributed by atoms with van der Waals surface area (Å²) in [7, 11) is 0. The normalized spacial score (nSPS) is 29.8. The first kappa shape index (κ1) is 14.3. The molecule has 0 bridgehead atoms. The fraction of sp³-hybridized carbons (Fsp3) is 0.923. The van der Waals surface area contributed by atoms with Crippen molar-refractivity contribution >= 4 is 6.03 Å². The summed E-state index contributed by atoms with van der Waals surface area (Å²) in [6.45, 7) is 8.25. The maximum Gasteiger partial charge on any atom is 0.315 e. The molecule has 0 spiro atoms. The van der Waals surface area contributed by atoms with Gasteiger partial charge in [-0.2, -0.15) is 0 Å². The van der Waals surface area contributed by atoms with Gasteiger partial charge in [-0.15, -0.1) is 0 Å². The first-order valence-electron chi connectivity index (χ1n) is 6.62. The molecule has 0 atom stereocenters. The first-order chi connectivity index (χ1) is 7.76. The number of carbonyl (C=O) groups is 1. The van der Waals surface area contributed by atoms with E-state index in [4.69, 9.17) is 5.73 Å². The zero-order chi connectivity index (χ0) is 13.1. The molecule has 1 aliphatic rings. The maximum absolute atomic E-state index is 11.9. The van der Waals surface area contributed by atoms with E-state index in [0.29, 0.717) is 6.04 Å². The second-order valence-corrected chi connectivity index (χ2v) is 6.21. The highest BCUT2D eigenvalue weighted by atomic mass is 16.2. The van der Waals surface area contributed by atoms with Gasteiger partial charge in [-0.25, -0.2) is 4.79 Å². The van der Waals surface area contributed by atoms with E-state index in [1.54, 1.807) is 0 Å². The molecule has 4 heteroatoms. The first-order valence-corrected chi connectivity index (χ1v) is 6.62. The molecular formula is C13H27N3O. The van der Waals surface area contributed by atoms with Gasteiger partial charge in [0.2, 0.25) is 0 Å². The Kier molecular flexibility index (Phi) is 4.42. The third-order valence-electron chi connectivity index (χ3n) is 3.88. The number of nitrogens with one attached hydrogen (secondary N) is 2. The predicted molar refractivity (Wildman–Crippen MR) is 70.9 cm³/mol. The fourth-order valence-corrected chi connectivity index (χ4v) is 2.10. The molecule has 0 unspecified atom stereocenters. The third kappa shape index (κ3) is 4.54. The van der Waals surface area contributed by atoms with Gasteiger partial charge in [-0.3, -0.25) is 0 Å². The molecule has 1 aliphatic carbocycles. The lowest BCUT2D eigenvalue weighted by atomic mass is 9.81. The Morgan fingerprint density at radius 1 is 1.41 bits per heavy atom. The van der Waals surface area contributed by atoms with Gasteiger partial charge >= 0.3 is 6.03 Å². The van der Waals surface area contributed by atoms with Crippen molar-refractivity contribution in [2.24, 2.45) is 5.73 Å². The van der Waals surface area contributed by atoms with Crippen LogP contribution in [0.2, 0.25) is 0 Å². The van der Waals surface area contributed by atoms with Gasteiger partial charge in [-0.05, 0) is 52.9 Å². The van der Waals surface area contributed by atoms with E-state index >= 15 is 0 Å². The summed E-state index contributed by atoms with van der Waals surface area (Å²) in [6.07, 6.45) is 4.84. The Morgan fingerprint density at radius 3 is 2.41 bits per heavy atom. The summed E-state index contributed by atoms with van der Waals surface area (Å²) in [5, 5.41) is 6.11. The smallest absolute Gasteiger partial charge is 0.315 e.